The molecule has 2 rings (SSSR count). The Morgan fingerprint density at radius 1 is 1.04 bits per heavy atom. The average Bonchev–Trinajstić information content (AvgIpc) is 2.56. The lowest BCUT2D eigenvalue weighted by Crippen LogP contribution is -2.26. The van der Waals surface area contributed by atoms with E-state index in [0.29, 0.717) is 6.42 Å². The molecule has 0 aliphatic rings. The van der Waals surface area contributed by atoms with E-state index in [-0.39, 0.29) is 11.4 Å². The van der Waals surface area contributed by atoms with Gasteiger partial charge >= 0.3 is 0 Å². The first-order chi connectivity index (χ1) is 11.0. The largest absolute Gasteiger partial charge is 0.388 e. The average molecular weight is 333 g/mol. The van der Waals surface area contributed by atoms with Crippen molar-refractivity contribution in [2.24, 2.45) is 0 Å². The minimum Gasteiger partial charge on any atom is -0.388 e. The Labute approximate surface area is 138 Å². The van der Waals surface area contributed by atoms with E-state index in [1.54, 1.807) is 12.1 Å². The summed E-state index contributed by atoms with van der Waals surface area (Å²) in [5.74, 6) is 0. The first-order valence-electron chi connectivity index (χ1n) is 7.84. The van der Waals surface area contributed by atoms with Crippen LogP contribution >= 0.6 is 0 Å². The molecule has 23 heavy (non-hydrogen) atoms. The van der Waals surface area contributed by atoms with Crippen molar-refractivity contribution in [1.82, 2.24) is 4.72 Å². The van der Waals surface area contributed by atoms with Crippen LogP contribution in [0.3, 0.4) is 0 Å². The number of hydrogen-bond acceptors (Lipinski definition) is 3. The van der Waals surface area contributed by atoms with Gasteiger partial charge in [-0.25, -0.2) is 13.1 Å². The second-order valence-corrected chi connectivity index (χ2v) is 7.27. The van der Waals surface area contributed by atoms with E-state index in [1.807, 2.05) is 42.5 Å². The minimum absolute atomic E-state index is 0.190. The Morgan fingerprint density at radius 2 is 1.70 bits per heavy atom. The van der Waals surface area contributed by atoms with Crippen LogP contribution in [0.2, 0.25) is 0 Å². The summed E-state index contributed by atoms with van der Waals surface area (Å²) in [6.45, 7) is 2.28. The van der Waals surface area contributed by atoms with Crippen LogP contribution in [0.25, 0.3) is 0 Å². The van der Waals surface area contributed by atoms with Crippen molar-refractivity contribution in [3.8, 4) is 0 Å². The van der Waals surface area contributed by atoms with Crippen molar-refractivity contribution < 1.29 is 13.5 Å². The van der Waals surface area contributed by atoms with Gasteiger partial charge in [0.25, 0.3) is 0 Å². The number of aliphatic hydroxyl groups is 1. The van der Waals surface area contributed by atoms with Gasteiger partial charge in [-0.2, -0.15) is 0 Å². The van der Waals surface area contributed by atoms with Crippen molar-refractivity contribution in [2.45, 2.75) is 37.2 Å². The Balaban J connectivity index is 1.91. The van der Waals surface area contributed by atoms with Crippen LogP contribution in [-0.4, -0.2) is 20.1 Å². The van der Waals surface area contributed by atoms with E-state index in [1.165, 1.54) is 0 Å². The highest BCUT2D eigenvalue weighted by atomic mass is 32.2. The third-order valence-corrected chi connectivity index (χ3v) is 5.14. The molecule has 5 heteroatoms. The van der Waals surface area contributed by atoms with E-state index in [4.69, 9.17) is 0 Å². The maximum absolute atomic E-state index is 12.2. The summed E-state index contributed by atoms with van der Waals surface area (Å²) < 4.78 is 27.0. The molecular formula is C18H23NO3S. The highest BCUT2D eigenvalue weighted by Gasteiger charge is 2.14. The Morgan fingerprint density at radius 3 is 2.30 bits per heavy atom. The van der Waals surface area contributed by atoms with Crippen LogP contribution in [0.5, 0.6) is 0 Å². The number of sulfonamides is 1. The molecule has 0 saturated heterocycles. The van der Waals surface area contributed by atoms with Crippen molar-refractivity contribution in [1.29, 1.82) is 0 Å². The van der Waals surface area contributed by atoms with Gasteiger partial charge in [0.2, 0.25) is 10.0 Å². The molecule has 0 radical (unpaired) electrons. The van der Waals surface area contributed by atoms with Crippen LogP contribution in [0.4, 0.5) is 0 Å². The molecule has 0 aliphatic heterocycles. The van der Waals surface area contributed by atoms with Crippen LogP contribution < -0.4 is 4.72 Å². The van der Waals surface area contributed by atoms with E-state index < -0.39 is 16.1 Å². The molecule has 1 unspecified atom stereocenters. The van der Waals surface area contributed by atoms with Gasteiger partial charge in [-0.05, 0) is 36.1 Å². The van der Waals surface area contributed by atoms with Crippen molar-refractivity contribution in [3.63, 3.8) is 0 Å². The molecule has 1 atom stereocenters. The monoisotopic (exact) mass is 333 g/mol. The summed E-state index contributed by atoms with van der Waals surface area (Å²) in [5.41, 5.74) is 1.92. The molecule has 0 amide bonds. The summed E-state index contributed by atoms with van der Waals surface area (Å²) in [6, 6.07) is 16.2. The molecule has 124 valence electrons. The quantitative estimate of drug-likeness (QED) is 0.780. The van der Waals surface area contributed by atoms with Gasteiger partial charge in [0.15, 0.2) is 0 Å². The summed E-state index contributed by atoms with van der Waals surface area (Å²) in [4.78, 5) is 0.256. The van der Waals surface area contributed by atoms with E-state index in [2.05, 4.69) is 11.6 Å². The van der Waals surface area contributed by atoms with Gasteiger partial charge in [0, 0.05) is 6.54 Å². The molecule has 2 aromatic rings. The van der Waals surface area contributed by atoms with Gasteiger partial charge < -0.3 is 5.11 Å². The first-order valence-corrected chi connectivity index (χ1v) is 9.33. The normalized spacial score (nSPS) is 13.0. The number of rotatable bonds is 8. The van der Waals surface area contributed by atoms with E-state index in [0.717, 1.165) is 24.0 Å². The molecule has 0 aliphatic carbocycles. The van der Waals surface area contributed by atoms with E-state index >= 15 is 0 Å². The number of aliphatic hydroxyl groups excluding tert-OH is 1. The highest BCUT2D eigenvalue weighted by Crippen LogP contribution is 2.16. The lowest BCUT2D eigenvalue weighted by molar-refractivity contribution is 0.169. The van der Waals surface area contributed by atoms with Crippen LogP contribution in [0.15, 0.2) is 59.5 Å². The zero-order valence-electron chi connectivity index (χ0n) is 13.3. The van der Waals surface area contributed by atoms with Gasteiger partial charge in [-0.15, -0.1) is 0 Å². The zero-order valence-corrected chi connectivity index (χ0v) is 14.1. The fourth-order valence-electron chi connectivity index (χ4n) is 2.38. The topological polar surface area (TPSA) is 66.4 Å². The summed E-state index contributed by atoms with van der Waals surface area (Å²) in [5, 5.41) is 10.0. The zero-order chi connectivity index (χ0) is 16.7. The van der Waals surface area contributed by atoms with Crippen LogP contribution in [0.1, 0.15) is 37.0 Å². The van der Waals surface area contributed by atoms with E-state index in [9.17, 15) is 13.5 Å². The maximum Gasteiger partial charge on any atom is 0.240 e. The molecule has 0 spiro atoms. The van der Waals surface area contributed by atoms with Crippen LogP contribution in [-0.2, 0) is 16.4 Å². The molecule has 2 aromatic carbocycles. The number of hydrogen-bond donors (Lipinski definition) is 2. The molecule has 0 saturated carbocycles. The summed E-state index contributed by atoms with van der Waals surface area (Å²) in [7, 11) is -3.53. The molecular weight excluding hydrogens is 310 g/mol. The molecule has 2 N–H and O–H groups in total. The minimum atomic E-state index is -3.53. The predicted octanol–water partition coefficient (Wildman–Crippen LogP) is 3.04. The number of aryl methyl sites for hydroxylation is 1. The van der Waals surface area contributed by atoms with Crippen LogP contribution in [0, 0.1) is 0 Å². The maximum atomic E-state index is 12.2. The fraction of sp³-hybridized carbons (Fsp3) is 0.333. The lowest BCUT2D eigenvalue weighted by Gasteiger charge is -2.12. The standard InChI is InChI=1S/C18H23NO3S/c1-2-6-15-9-11-17(12-10-15)23(21,22)19-14-13-18(20)16-7-4-3-5-8-16/h3-5,7-12,18-20H,2,6,13-14H2,1H3. The lowest BCUT2D eigenvalue weighted by atomic mass is 10.1. The van der Waals surface area contributed by atoms with Gasteiger partial charge in [0.05, 0.1) is 11.0 Å². The Hall–Kier alpha value is -1.69. The predicted molar refractivity (Wildman–Crippen MR) is 91.6 cm³/mol. The fourth-order valence-corrected chi connectivity index (χ4v) is 3.43. The third kappa shape index (κ3) is 5.16. The van der Waals surface area contributed by atoms with Gasteiger partial charge in [-0.3, -0.25) is 0 Å². The third-order valence-electron chi connectivity index (χ3n) is 3.67. The number of benzene rings is 2. The molecule has 0 bridgehead atoms. The highest BCUT2D eigenvalue weighted by molar-refractivity contribution is 7.89. The molecule has 0 heterocycles. The number of nitrogens with one attached hydrogen (secondary N) is 1. The Kier molecular flexibility index (Phi) is 6.33. The molecule has 4 nitrogen and oxygen atoms in total. The SMILES string of the molecule is CCCc1ccc(S(=O)(=O)NCCC(O)c2ccccc2)cc1. The summed E-state index contributed by atoms with van der Waals surface area (Å²) in [6.07, 6.45) is 1.63. The smallest absolute Gasteiger partial charge is 0.240 e. The van der Waals surface area contributed by atoms with Crippen molar-refractivity contribution >= 4 is 10.0 Å². The van der Waals surface area contributed by atoms with Gasteiger partial charge in [0.1, 0.15) is 0 Å². The molecule has 0 fully saturated rings. The van der Waals surface area contributed by atoms with Crippen molar-refractivity contribution in [3.05, 3.63) is 65.7 Å². The summed E-state index contributed by atoms with van der Waals surface area (Å²) >= 11 is 0. The van der Waals surface area contributed by atoms with Crippen molar-refractivity contribution in [2.75, 3.05) is 6.54 Å². The first kappa shape index (κ1) is 17.7. The second kappa shape index (κ2) is 8.24. The second-order valence-electron chi connectivity index (χ2n) is 5.51. The molecule has 0 aromatic heterocycles. The van der Waals surface area contributed by atoms with Gasteiger partial charge in [-0.1, -0.05) is 55.8 Å². The Bertz CT molecular complexity index is 697.